The molecule has 148 valence electrons. The number of rotatable bonds is 6. The quantitative estimate of drug-likeness (QED) is 0.746. The van der Waals surface area contributed by atoms with Gasteiger partial charge in [-0.15, -0.1) is 11.3 Å². The van der Waals surface area contributed by atoms with Crippen LogP contribution in [0, 0.1) is 5.92 Å². The highest BCUT2D eigenvalue weighted by atomic mass is 32.1. The van der Waals surface area contributed by atoms with Crippen molar-refractivity contribution in [2.45, 2.75) is 37.8 Å². The van der Waals surface area contributed by atoms with Crippen LogP contribution in [0.2, 0.25) is 0 Å². The van der Waals surface area contributed by atoms with E-state index >= 15 is 0 Å². The third-order valence-corrected chi connectivity index (χ3v) is 7.32. The highest BCUT2D eigenvalue weighted by Gasteiger charge is 2.37. The largest absolute Gasteiger partial charge is 0.381 e. The lowest BCUT2D eigenvalue weighted by Crippen LogP contribution is -2.46. The molecule has 2 aliphatic heterocycles. The molecule has 1 saturated heterocycles. The number of fused-ring (bicyclic) bond motifs is 1. The number of ether oxygens (including phenoxy) is 1. The van der Waals surface area contributed by atoms with Gasteiger partial charge in [-0.05, 0) is 54.2 Å². The average molecular weight is 397 g/mol. The predicted octanol–water partition coefficient (Wildman–Crippen LogP) is 3.72. The van der Waals surface area contributed by atoms with Gasteiger partial charge >= 0.3 is 0 Å². The Morgan fingerprint density at radius 2 is 2.04 bits per heavy atom. The monoisotopic (exact) mass is 396 g/mol. The van der Waals surface area contributed by atoms with Crippen LogP contribution < -0.4 is 0 Å². The Hall–Kier alpha value is -1.69. The Balaban J connectivity index is 1.36. The molecule has 3 heterocycles. The first-order valence-corrected chi connectivity index (χ1v) is 11.4. The number of benzene rings is 1. The van der Waals surface area contributed by atoms with Crippen molar-refractivity contribution < 1.29 is 9.53 Å². The van der Waals surface area contributed by atoms with Crippen molar-refractivity contribution in [3.63, 3.8) is 0 Å². The van der Waals surface area contributed by atoms with E-state index in [0.717, 1.165) is 39.1 Å². The van der Waals surface area contributed by atoms with Crippen LogP contribution in [0.25, 0.3) is 0 Å². The van der Waals surface area contributed by atoms with E-state index in [-0.39, 0.29) is 11.9 Å². The average Bonchev–Trinajstić information content (AvgIpc) is 3.23. The molecule has 5 rings (SSSR count). The second-order valence-electron chi connectivity index (χ2n) is 8.34. The molecule has 28 heavy (non-hydrogen) atoms. The van der Waals surface area contributed by atoms with E-state index in [4.69, 9.17) is 4.74 Å². The fraction of sp³-hybridized carbons (Fsp3) is 0.522. The number of thiophene rings is 1. The van der Waals surface area contributed by atoms with Gasteiger partial charge in [0, 0.05) is 30.6 Å². The molecule has 1 saturated carbocycles. The fourth-order valence-corrected chi connectivity index (χ4v) is 5.59. The number of hydrogen-bond donors (Lipinski definition) is 0. The first-order valence-electron chi connectivity index (χ1n) is 10.5. The Labute approximate surface area is 171 Å². The lowest BCUT2D eigenvalue weighted by molar-refractivity contribution is -0.134. The zero-order valence-electron chi connectivity index (χ0n) is 16.3. The van der Waals surface area contributed by atoms with Gasteiger partial charge in [0.15, 0.2) is 0 Å². The van der Waals surface area contributed by atoms with Gasteiger partial charge in [-0.1, -0.05) is 30.3 Å². The summed E-state index contributed by atoms with van der Waals surface area (Å²) in [5.74, 6) is 0.861. The molecule has 2 aromatic rings. The smallest absolute Gasteiger partial charge is 0.237 e. The van der Waals surface area contributed by atoms with Gasteiger partial charge in [-0.2, -0.15) is 0 Å². The minimum atomic E-state index is 0.0552. The number of nitrogens with zero attached hydrogens (tertiary/aromatic N) is 2. The van der Waals surface area contributed by atoms with Crippen LogP contribution in [0.5, 0.6) is 0 Å². The van der Waals surface area contributed by atoms with E-state index in [1.807, 2.05) is 17.4 Å². The third-order valence-electron chi connectivity index (χ3n) is 6.32. The molecule has 3 aliphatic rings. The molecular formula is C23H28N2O2S. The van der Waals surface area contributed by atoms with E-state index in [0.29, 0.717) is 18.5 Å². The summed E-state index contributed by atoms with van der Waals surface area (Å²) in [6, 6.07) is 13.4. The number of carbonyl (C=O) groups is 1. The maximum atomic E-state index is 13.5. The summed E-state index contributed by atoms with van der Waals surface area (Å²) in [6.45, 7) is 4.09. The van der Waals surface area contributed by atoms with Gasteiger partial charge in [-0.25, -0.2) is 0 Å². The summed E-state index contributed by atoms with van der Waals surface area (Å²) in [7, 11) is 0. The maximum absolute atomic E-state index is 13.5. The standard InChI is InChI=1S/C23H28N2O2S/c26-22(15-24(19-6-7-19)14-17-9-12-27-16-17)25-11-8-21-20(10-13-28-21)23(25)18-4-2-1-3-5-18/h1-5,10,13,17,19,23H,6-9,11-12,14-16H2. The molecule has 2 unspecified atom stereocenters. The molecule has 2 atom stereocenters. The summed E-state index contributed by atoms with van der Waals surface area (Å²) < 4.78 is 5.56. The molecule has 0 radical (unpaired) electrons. The summed E-state index contributed by atoms with van der Waals surface area (Å²) in [4.78, 5) is 19.5. The Morgan fingerprint density at radius 3 is 2.79 bits per heavy atom. The first kappa shape index (κ1) is 18.3. The van der Waals surface area contributed by atoms with E-state index in [1.54, 1.807) is 0 Å². The van der Waals surface area contributed by atoms with Crippen molar-refractivity contribution in [3.8, 4) is 0 Å². The van der Waals surface area contributed by atoms with Crippen molar-refractivity contribution in [2.24, 2.45) is 5.92 Å². The fourth-order valence-electron chi connectivity index (χ4n) is 4.69. The maximum Gasteiger partial charge on any atom is 0.237 e. The number of amides is 1. The zero-order chi connectivity index (χ0) is 18.9. The molecule has 2 fully saturated rings. The van der Waals surface area contributed by atoms with Crippen LogP contribution in [0.4, 0.5) is 0 Å². The van der Waals surface area contributed by atoms with Crippen molar-refractivity contribution in [3.05, 3.63) is 57.8 Å². The first-order chi connectivity index (χ1) is 13.8. The summed E-state index contributed by atoms with van der Waals surface area (Å²) in [5, 5.41) is 2.17. The summed E-state index contributed by atoms with van der Waals surface area (Å²) in [5.41, 5.74) is 2.54. The van der Waals surface area contributed by atoms with Gasteiger partial charge < -0.3 is 9.64 Å². The summed E-state index contributed by atoms with van der Waals surface area (Å²) in [6.07, 6.45) is 4.57. The van der Waals surface area contributed by atoms with Gasteiger partial charge in [0.2, 0.25) is 5.91 Å². The van der Waals surface area contributed by atoms with E-state index in [1.165, 1.54) is 28.8 Å². The number of hydrogen-bond acceptors (Lipinski definition) is 4. The SMILES string of the molecule is O=C(CN(CC1CCOC1)C1CC1)N1CCc2sccc2C1c1ccccc1. The molecule has 4 nitrogen and oxygen atoms in total. The van der Waals surface area contributed by atoms with Crippen LogP contribution in [0.3, 0.4) is 0 Å². The Morgan fingerprint density at radius 1 is 1.18 bits per heavy atom. The molecule has 0 N–H and O–H groups in total. The van der Waals surface area contributed by atoms with Crippen LogP contribution in [-0.2, 0) is 16.0 Å². The lowest BCUT2D eigenvalue weighted by Gasteiger charge is -2.38. The van der Waals surface area contributed by atoms with E-state index < -0.39 is 0 Å². The highest BCUT2D eigenvalue weighted by molar-refractivity contribution is 7.10. The molecule has 5 heteroatoms. The van der Waals surface area contributed by atoms with E-state index in [9.17, 15) is 4.79 Å². The Bertz CT molecular complexity index is 811. The van der Waals surface area contributed by atoms with Gasteiger partial charge in [0.05, 0.1) is 19.2 Å². The predicted molar refractivity (Wildman–Crippen MR) is 112 cm³/mol. The van der Waals surface area contributed by atoms with Crippen LogP contribution in [-0.4, -0.2) is 54.6 Å². The molecule has 1 aliphatic carbocycles. The summed E-state index contributed by atoms with van der Waals surface area (Å²) >= 11 is 1.83. The highest BCUT2D eigenvalue weighted by Crippen LogP contribution is 2.38. The molecule has 1 aromatic carbocycles. The molecule has 1 amide bonds. The van der Waals surface area contributed by atoms with E-state index in [2.05, 4.69) is 45.5 Å². The molecule has 1 aromatic heterocycles. The minimum Gasteiger partial charge on any atom is -0.381 e. The van der Waals surface area contributed by atoms with Crippen molar-refractivity contribution >= 4 is 17.2 Å². The van der Waals surface area contributed by atoms with Gasteiger partial charge in [-0.3, -0.25) is 9.69 Å². The topological polar surface area (TPSA) is 32.8 Å². The van der Waals surface area contributed by atoms with Gasteiger partial charge in [0.25, 0.3) is 0 Å². The molecule has 0 bridgehead atoms. The van der Waals surface area contributed by atoms with Gasteiger partial charge in [0.1, 0.15) is 0 Å². The minimum absolute atomic E-state index is 0.0552. The number of carbonyl (C=O) groups excluding carboxylic acids is 1. The zero-order valence-corrected chi connectivity index (χ0v) is 17.1. The van der Waals surface area contributed by atoms with Crippen LogP contribution in [0.1, 0.15) is 41.3 Å². The third kappa shape index (κ3) is 3.76. The van der Waals surface area contributed by atoms with Crippen molar-refractivity contribution in [1.29, 1.82) is 0 Å². The van der Waals surface area contributed by atoms with Crippen molar-refractivity contribution in [2.75, 3.05) is 32.8 Å². The van der Waals surface area contributed by atoms with Crippen molar-refractivity contribution in [1.82, 2.24) is 9.80 Å². The Kier molecular flexibility index (Phi) is 5.22. The molecule has 0 spiro atoms. The lowest BCUT2D eigenvalue weighted by atomic mass is 9.93. The molecular weight excluding hydrogens is 368 g/mol. The normalized spacial score (nSPS) is 24.5. The van der Waals surface area contributed by atoms with Crippen LogP contribution >= 0.6 is 11.3 Å². The second-order valence-corrected chi connectivity index (χ2v) is 9.34. The van der Waals surface area contributed by atoms with Crippen LogP contribution in [0.15, 0.2) is 41.8 Å². The second kappa shape index (κ2) is 7.97.